The zero-order valence-corrected chi connectivity index (χ0v) is 17.0. The molecule has 3 rings (SSSR count). The second-order valence-electron chi connectivity index (χ2n) is 6.57. The SMILES string of the molecule is Cc1noc(C)c1S(=O)(=O)NCCC(=O)N[C@@H](Cc1ncc[nH]1)c1ccccc1. The molecule has 0 aliphatic carbocycles. The van der Waals surface area contributed by atoms with Crippen molar-refractivity contribution < 1.29 is 17.7 Å². The summed E-state index contributed by atoms with van der Waals surface area (Å²) in [5, 5.41) is 6.60. The van der Waals surface area contributed by atoms with E-state index in [0.717, 1.165) is 11.4 Å². The van der Waals surface area contributed by atoms with Crippen molar-refractivity contribution in [1.29, 1.82) is 0 Å². The van der Waals surface area contributed by atoms with Gasteiger partial charge in [0, 0.05) is 31.8 Å². The maximum Gasteiger partial charge on any atom is 0.245 e. The highest BCUT2D eigenvalue weighted by Crippen LogP contribution is 2.19. The van der Waals surface area contributed by atoms with Crippen LogP contribution in [0.25, 0.3) is 0 Å². The first-order valence-electron chi connectivity index (χ1n) is 9.12. The maximum absolute atomic E-state index is 12.5. The Morgan fingerprint density at radius 2 is 2.00 bits per heavy atom. The summed E-state index contributed by atoms with van der Waals surface area (Å²) < 4.78 is 32.2. The van der Waals surface area contributed by atoms with E-state index in [4.69, 9.17) is 4.52 Å². The molecule has 1 amide bonds. The minimum Gasteiger partial charge on any atom is -0.360 e. The molecular formula is C19H23N5O4S. The average Bonchev–Trinajstić information content (AvgIpc) is 3.31. The van der Waals surface area contributed by atoms with Crippen LogP contribution in [-0.2, 0) is 21.2 Å². The summed E-state index contributed by atoms with van der Waals surface area (Å²) in [5.41, 5.74) is 1.22. The topological polar surface area (TPSA) is 130 Å². The van der Waals surface area contributed by atoms with Crippen molar-refractivity contribution in [3.63, 3.8) is 0 Å². The summed E-state index contributed by atoms with van der Waals surface area (Å²) in [6.45, 7) is 3.04. The summed E-state index contributed by atoms with van der Waals surface area (Å²) in [7, 11) is -3.80. The molecule has 0 fully saturated rings. The lowest BCUT2D eigenvalue weighted by Gasteiger charge is -2.18. The van der Waals surface area contributed by atoms with Gasteiger partial charge in [-0.1, -0.05) is 35.5 Å². The van der Waals surface area contributed by atoms with Crippen LogP contribution in [0.15, 0.2) is 52.1 Å². The van der Waals surface area contributed by atoms with Crippen LogP contribution in [0.3, 0.4) is 0 Å². The number of rotatable bonds is 9. The molecule has 0 radical (unpaired) electrons. The Kier molecular flexibility index (Phi) is 6.45. The third-order valence-electron chi connectivity index (χ3n) is 4.37. The van der Waals surface area contributed by atoms with Crippen molar-refractivity contribution >= 4 is 15.9 Å². The minimum absolute atomic E-state index is 0.00983. The van der Waals surface area contributed by atoms with Crippen LogP contribution in [0.1, 0.15) is 35.3 Å². The van der Waals surface area contributed by atoms with Gasteiger partial charge in [0.25, 0.3) is 0 Å². The Bertz CT molecular complexity index is 1030. The number of aryl methyl sites for hydroxylation is 2. The van der Waals surface area contributed by atoms with E-state index in [0.29, 0.717) is 6.42 Å². The summed E-state index contributed by atoms with van der Waals surface area (Å²) >= 11 is 0. The number of benzene rings is 1. The third kappa shape index (κ3) is 5.30. The standard InChI is InChI=1S/C19H23N5O4S/c1-13-19(14(2)28-24-13)29(26,27)22-9-8-18(25)23-16(12-17-20-10-11-21-17)15-6-4-3-5-7-15/h3-7,10-11,16,22H,8-9,12H2,1-2H3,(H,20,21)(H,23,25)/t16-/m0/s1. The van der Waals surface area contributed by atoms with Gasteiger partial charge in [0.15, 0.2) is 5.76 Å². The van der Waals surface area contributed by atoms with E-state index >= 15 is 0 Å². The van der Waals surface area contributed by atoms with Gasteiger partial charge in [-0.3, -0.25) is 4.79 Å². The van der Waals surface area contributed by atoms with Crippen molar-refractivity contribution in [2.75, 3.05) is 6.54 Å². The number of aromatic nitrogens is 3. The molecule has 3 N–H and O–H groups in total. The zero-order valence-electron chi connectivity index (χ0n) is 16.2. The number of hydrogen-bond donors (Lipinski definition) is 3. The van der Waals surface area contributed by atoms with Crippen LogP contribution < -0.4 is 10.0 Å². The molecule has 0 aliphatic heterocycles. The quantitative estimate of drug-likeness (QED) is 0.487. The van der Waals surface area contributed by atoms with Crippen LogP contribution in [0, 0.1) is 13.8 Å². The first-order valence-corrected chi connectivity index (χ1v) is 10.6. The summed E-state index contributed by atoms with van der Waals surface area (Å²) in [5.74, 6) is 0.687. The molecule has 0 unspecified atom stereocenters. The lowest BCUT2D eigenvalue weighted by Crippen LogP contribution is -2.34. The Morgan fingerprint density at radius 1 is 1.24 bits per heavy atom. The van der Waals surface area contributed by atoms with Gasteiger partial charge in [-0.25, -0.2) is 18.1 Å². The van der Waals surface area contributed by atoms with Crippen LogP contribution in [0.5, 0.6) is 0 Å². The zero-order chi connectivity index (χ0) is 20.9. The second kappa shape index (κ2) is 9.01. The van der Waals surface area contributed by atoms with Gasteiger partial charge in [-0.2, -0.15) is 0 Å². The number of imidazole rings is 1. The fraction of sp³-hybridized carbons (Fsp3) is 0.316. The minimum atomic E-state index is -3.80. The van der Waals surface area contributed by atoms with E-state index in [9.17, 15) is 13.2 Å². The molecule has 154 valence electrons. The largest absolute Gasteiger partial charge is 0.360 e. The van der Waals surface area contributed by atoms with Gasteiger partial charge < -0.3 is 14.8 Å². The molecule has 9 nitrogen and oxygen atoms in total. The van der Waals surface area contributed by atoms with Crippen LogP contribution in [0.4, 0.5) is 0 Å². The van der Waals surface area contributed by atoms with E-state index in [1.165, 1.54) is 6.92 Å². The van der Waals surface area contributed by atoms with Gasteiger partial charge in [0.2, 0.25) is 15.9 Å². The van der Waals surface area contributed by atoms with E-state index in [-0.39, 0.29) is 41.3 Å². The van der Waals surface area contributed by atoms with Crippen LogP contribution >= 0.6 is 0 Å². The maximum atomic E-state index is 12.5. The predicted molar refractivity (Wildman–Crippen MR) is 105 cm³/mol. The fourth-order valence-electron chi connectivity index (χ4n) is 3.04. The molecule has 2 heterocycles. The summed E-state index contributed by atoms with van der Waals surface area (Å²) in [4.78, 5) is 19.7. The Morgan fingerprint density at radius 3 is 2.62 bits per heavy atom. The summed E-state index contributed by atoms with van der Waals surface area (Å²) in [6.07, 6.45) is 3.86. The van der Waals surface area contributed by atoms with Gasteiger partial charge in [0.1, 0.15) is 16.4 Å². The Labute approximate surface area is 169 Å². The Balaban J connectivity index is 1.60. The highest BCUT2D eigenvalue weighted by molar-refractivity contribution is 7.89. The number of amides is 1. The predicted octanol–water partition coefficient (Wildman–Crippen LogP) is 1.78. The molecule has 1 aromatic carbocycles. The van der Waals surface area contributed by atoms with Crippen LogP contribution in [-0.4, -0.2) is 36.0 Å². The first-order chi connectivity index (χ1) is 13.9. The molecule has 0 saturated carbocycles. The number of H-pyrrole nitrogens is 1. The lowest BCUT2D eigenvalue weighted by molar-refractivity contribution is -0.121. The van der Waals surface area contributed by atoms with E-state index < -0.39 is 10.0 Å². The van der Waals surface area contributed by atoms with Gasteiger partial charge >= 0.3 is 0 Å². The average molecular weight is 417 g/mol. The molecule has 0 aliphatic rings. The number of nitrogens with one attached hydrogen (secondary N) is 3. The van der Waals surface area contributed by atoms with E-state index in [2.05, 4.69) is 25.2 Å². The molecule has 2 aromatic heterocycles. The molecular weight excluding hydrogens is 394 g/mol. The molecule has 0 saturated heterocycles. The molecule has 0 bridgehead atoms. The molecule has 3 aromatic rings. The number of carbonyl (C=O) groups is 1. The van der Waals surface area contributed by atoms with Crippen molar-refractivity contribution in [2.24, 2.45) is 0 Å². The monoisotopic (exact) mass is 417 g/mol. The number of nitrogens with zero attached hydrogens (tertiary/aromatic N) is 2. The highest BCUT2D eigenvalue weighted by Gasteiger charge is 2.24. The highest BCUT2D eigenvalue weighted by atomic mass is 32.2. The smallest absolute Gasteiger partial charge is 0.245 e. The first kappa shape index (κ1) is 20.7. The van der Waals surface area contributed by atoms with E-state index in [1.807, 2.05) is 30.3 Å². The Hall–Kier alpha value is -2.98. The number of hydrogen-bond acceptors (Lipinski definition) is 6. The molecule has 29 heavy (non-hydrogen) atoms. The lowest BCUT2D eigenvalue weighted by atomic mass is 10.0. The fourth-order valence-corrected chi connectivity index (χ4v) is 4.39. The van der Waals surface area contributed by atoms with E-state index in [1.54, 1.807) is 19.3 Å². The number of carbonyl (C=O) groups excluding carboxylic acids is 1. The number of aromatic amines is 1. The van der Waals surface area contributed by atoms with Gasteiger partial charge in [-0.15, -0.1) is 0 Å². The third-order valence-corrected chi connectivity index (χ3v) is 6.07. The normalized spacial score (nSPS) is 12.6. The van der Waals surface area contributed by atoms with Crippen molar-refractivity contribution in [1.82, 2.24) is 25.2 Å². The van der Waals surface area contributed by atoms with Crippen molar-refractivity contribution in [3.05, 3.63) is 65.6 Å². The van der Waals surface area contributed by atoms with Crippen molar-refractivity contribution in [2.45, 2.75) is 37.6 Å². The molecule has 0 spiro atoms. The van der Waals surface area contributed by atoms with Gasteiger partial charge in [0.05, 0.1) is 6.04 Å². The molecule has 10 heteroatoms. The second-order valence-corrected chi connectivity index (χ2v) is 8.28. The molecule has 1 atom stereocenters. The van der Waals surface area contributed by atoms with Crippen molar-refractivity contribution in [3.8, 4) is 0 Å². The summed E-state index contributed by atoms with van der Waals surface area (Å²) in [6, 6.07) is 9.26. The van der Waals surface area contributed by atoms with Crippen LogP contribution in [0.2, 0.25) is 0 Å². The van der Waals surface area contributed by atoms with Gasteiger partial charge in [-0.05, 0) is 19.4 Å². The number of sulfonamides is 1.